The lowest BCUT2D eigenvalue weighted by Gasteiger charge is -2.19. The van der Waals surface area contributed by atoms with Crippen molar-refractivity contribution in [3.63, 3.8) is 0 Å². The molecule has 0 aromatic carbocycles. The number of furan rings is 1. The van der Waals surface area contributed by atoms with E-state index in [-0.39, 0.29) is 5.91 Å². The SMILES string of the molecule is CCC(C)CN(C)C(=O)c1coc(CN)c1. The molecule has 0 bridgehead atoms. The van der Waals surface area contributed by atoms with Gasteiger partial charge < -0.3 is 15.1 Å². The smallest absolute Gasteiger partial charge is 0.256 e. The van der Waals surface area contributed by atoms with Crippen molar-refractivity contribution in [1.29, 1.82) is 0 Å². The van der Waals surface area contributed by atoms with Gasteiger partial charge in [-0.1, -0.05) is 20.3 Å². The Morgan fingerprint density at radius 1 is 1.62 bits per heavy atom. The number of nitrogens with zero attached hydrogens (tertiary/aromatic N) is 1. The molecular formula is C12H20N2O2. The fourth-order valence-electron chi connectivity index (χ4n) is 1.50. The maximum Gasteiger partial charge on any atom is 0.256 e. The third-order valence-corrected chi connectivity index (χ3v) is 2.73. The van der Waals surface area contributed by atoms with Crippen molar-refractivity contribution in [3.05, 3.63) is 23.7 Å². The zero-order valence-electron chi connectivity index (χ0n) is 10.2. The Morgan fingerprint density at radius 3 is 2.81 bits per heavy atom. The van der Waals surface area contributed by atoms with Crippen molar-refractivity contribution in [2.45, 2.75) is 26.8 Å². The van der Waals surface area contributed by atoms with E-state index in [0.29, 0.717) is 23.8 Å². The normalized spacial score (nSPS) is 12.5. The van der Waals surface area contributed by atoms with Crippen LogP contribution in [0.25, 0.3) is 0 Å². The quantitative estimate of drug-likeness (QED) is 0.830. The topological polar surface area (TPSA) is 59.5 Å². The predicted octanol–water partition coefficient (Wildman–Crippen LogP) is 1.86. The lowest BCUT2D eigenvalue weighted by atomic mass is 10.1. The van der Waals surface area contributed by atoms with E-state index in [1.807, 2.05) is 7.05 Å². The number of carbonyl (C=O) groups is 1. The van der Waals surface area contributed by atoms with Crippen LogP contribution < -0.4 is 5.73 Å². The van der Waals surface area contributed by atoms with Gasteiger partial charge in [0.2, 0.25) is 0 Å². The fraction of sp³-hybridized carbons (Fsp3) is 0.583. The average Bonchev–Trinajstić information content (AvgIpc) is 2.76. The highest BCUT2D eigenvalue weighted by Crippen LogP contribution is 2.11. The molecule has 90 valence electrons. The molecule has 1 atom stereocenters. The van der Waals surface area contributed by atoms with Gasteiger partial charge in [-0.25, -0.2) is 0 Å². The fourth-order valence-corrected chi connectivity index (χ4v) is 1.50. The van der Waals surface area contributed by atoms with Crippen LogP contribution in [0.5, 0.6) is 0 Å². The van der Waals surface area contributed by atoms with Crippen LogP contribution in [-0.2, 0) is 6.54 Å². The summed E-state index contributed by atoms with van der Waals surface area (Å²) >= 11 is 0. The number of hydrogen-bond donors (Lipinski definition) is 1. The zero-order chi connectivity index (χ0) is 12.1. The highest BCUT2D eigenvalue weighted by Gasteiger charge is 2.15. The number of nitrogens with two attached hydrogens (primary N) is 1. The number of carbonyl (C=O) groups excluding carboxylic acids is 1. The maximum atomic E-state index is 12.0. The number of rotatable bonds is 5. The molecule has 2 N–H and O–H groups in total. The third kappa shape index (κ3) is 3.10. The van der Waals surface area contributed by atoms with Gasteiger partial charge in [0.1, 0.15) is 12.0 Å². The van der Waals surface area contributed by atoms with E-state index < -0.39 is 0 Å². The van der Waals surface area contributed by atoms with Gasteiger partial charge in [0.15, 0.2) is 0 Å². The molecule has 0 aliphatic heterocycles. The molecule has 1 unspecified atom stereocenters. The monoisotopic (exact) mass is 224 g/mol. The molecule has 1 aromatic rings. The first-order valence-electron chi connectivity index (χ1n) is 5.61. The van der Waals surface area contributed by atoms with Gasteiger partial charge in [0, 0.05) is 13.6 Å². The first kappa shape index (κ1) is 12.8. The summed E-state index contributed by atoms with van der Waals surface area (Å²) in [5.41, 5.74) is 6.00. The highest BCUT2D eigenvalue weighted by atomic mass is 16.3. The van der Waals surface area contributed by atoms with Crippen molar-refractivity contribution in [1.82, 2.24) is 4.90 Å². The van der Waals surface area contributed by atoms with Gasteiger partial charge in [-0.2, -0.15) is 0 Å². The van der Waals surface area contributed by atoms with Gasteiger partial charge in [-0.3, -0.25) is 4.79 Å². The van der Waals surface area contributed by atoms with Crippen LogP contribution in [0.2, 0.25) is 0 Å². The van der Waals surface area contributed by atoms with Gasteiger partial charge in [-0.05, 0) is 12.0 Å². The second kappa shape index (κ2) is 5.70. The highest BCUT2D eigenvalue weighted by molar-refractivity contribution is 5.93. The van der Waals surface area contributed by atoms with Gasteiger partial charge >= 0.3 is 0 Å². The minimum Gasteiger partial charge on any atom is -0.467 e. The van der Waals surface area contributed by atoms with Crippen LogP contribution in [0.1, 0.15) is 36.4 Å². The molecule has 0 fully saturated rings. The molecule has 0 saturated carbocycles. The molecule has 1 aromatic heterocycles. The molecule has 0 spiro atoms. The summed E-state index contributed by atoms with van der Waals surface area (Å²) in [5.74, 6) is 1.14. The Bertz CT molecular complexity index is 347. The summed E-state index contributed by atoms with van der Waals surface area (Å²) in [7, 11) is 1.81. The molecule has 16 heavy (non-hydrogen) atoms. The van der Waals surface area contributed by atoms with E-state index in [2.05, 4.69) is 13.8 Å². The van der Waals surface area contributed by atoms with Crippen molar-refractivity contribution in [3.8, 4) is 0 Å². The number of amides is 1. The van der Waals surface area contributed by atoms with Gasteiger partial charge in [-0.15, -0.1) is 0 Å². The Balaban J connectivity index is 2.62. The van der Waals surface area contributed by atoms with E-state index in [9.17, 15) is 4.79 Å². The minimum absolute atomic E-state index is 0.0104. The molecule has 1 amide bonds. The third-order valence-electron chi connectivity index (χ3n) is 2.73. The molecule has 4 nitrogen and oxygen atoms in total. The van der Waals surface area contributed by atoms with E-state index >= 15 is 0 Å². The molecule has 4 heteroatoms. The van der Waals surface area contributed by atoms with Crippen molar-refractivity contribution >= 4 is 5.91 Å². The molecule has 0 saturated heterocycles. The Morgan fingerprint density at radius 2 is 2.31 bits per heavy atom. The molecule has 0 radical (unpaired) electrons. The average molecular weight is 224 g/mol. The van der Waals surface area contributed by atoms with E-state index in [4.69, 9.17) is 10.2 Å². The first-order valence-corrected chi connectivity index (χ1v) is 5.61. The van der Waals surface area contributed by atoms with Crippen molar-refractivity contribution in [2.75, 3.05) is 13.6 Å². The Kier molecular flexibility index (Phi) is 4.55. The number of hydrogen-bond acceptors (Lipinski definition) is 3. The standard InChI is InChI=1S/C12H20N2O2/c1-4-9(2)7-14(3)12(15)10-5-11(6-13)16-8-10/h5,8-9H,4,6-7,13H2,1-3H3. The minimum atomic E-state index is -0.0104. The van der Waals surface area contributed by atoms with Gasteiger partial charge in [0.05, 0.1) is 12.1 Å². The van der Waals surface area contributed by atoms with Gasteiger partial charge in [0.25, 0.3) is 5.91 Å². The van der Waals surface area contributed by atoms with Crippen LogP contribution >= 0.6 is 0 Å². The van der Waals surface area contributed by atoms with Crippen LogP contribution in [-0.4, -0.2) is 24.4 Å². The first-order chi connectivity index (χ1) is 7.58. The van der Waals surface area contributed by atoms with Crippen molar-refractivity contribution < 1.29 is 9.21 Å². The zero-order valence-corrected chi connectivity index (χ0v) is 10.2. The largest absolute Gasteiger partial charge is 0.467 e. The molecule has 1 rings (SSSR count). The second-order valence-corrected chi connectivity index (χ2v) is 4.20. The van der Waals surface area contributed by atoms with E-state index in [1.54, 1.807) is 11.0 Å². The summed E-state index contributed by atoms with van der Waals surface area (Å²) in [5, 5.41) is 0. The summed E-state index contributed by atoms with van der Waals surface area (Å²) < 4.78 is 5.14. The van der Waals surface area contributed by atoms with Crippen LogP contribution in [0, 0.1) is 5.92 Å². The predicted molar refractivity (Wildman–Crippen MR) is 63.0 cm³/mol. The van der Waals surface area contributed by atoms with Crippen molar-refractivity contribution in [2.24, 2.45) is 11.7 Å². The lowest BCUT2D eigenvalue weighted by molar-refractivity contribution is 0.0774. The molecule has 0 aliphatic carbocycles. The summed E-state index contributed by atoms with van der Waals surface area (Å²) in [6.07, 6.45) is 2.54. The maximum absolute atomic E-state index is 12.0. The summed E-state index contributed by atoms with van der Waals surface area (Å²) in [6, 6.07) is 1.70. The Hall–Kier alpha value is -1.29. The van der Waals surface area contributed by atoms with Crippen LogP contribution in [0.15, 0.2) is 16.7 Å². The molecule has 0 aliphatic rings. The van der Waals surface area contributed by atoms with E-state index in [1.165, 1.54) is 6.26 Å². The van der Waals surface area contributed by atoms with Crippen LogP contribution in [0.3, 0.4) is 0 Å². The van der Waals surface area contributed by atoms with Crippen LogP contribution in [0.4, 0.5) is 0 Å². The summed E-state index contributed by atoms with van der Waals surface area (Å²) in [6.45, 7) is 5.33. The molecule has 1 heterocycles. The Labute approximate surface area is 96.4 Å². The van der Waals surface area contributed by atoms with E-state index in [0.717, 1.165) is 13.0 Å². The lowest BCUT2D eigenvalue weighted by Crippen LogP contribution is -2.30. The second-order valence-electron chi connectivity index (χ2n) is 4.20. The summed E-state index contributed by atoms with van der Waals surface area (Å²) in [4.78, 5) is 13.7. The molecular weight excluding hydrogens is 204 g/mol.